The molecule has 0 atom stereocenters. The predicted octanol–water partition coefficient (Wildman–Crippen LogP) is 1.23. The maximum atomic E-state index is 6.39. The van der Waals surface area contributed by atoms with Crippen LogP contribution in [-0.2, 0) is 0 Å². The molecule has 0 N–H and O–H groups in total. The first kappa shape index (κ1) is 3.88. The molecule has 0 aromatic carbocycles. The molecule has 0 fully saturated rings. The molecular weight excluding hydrogens is 92.1 g/mol. The third-order valence-electron chi connectivity index (χ3n) is 0.548. The summed E-state index contributed by atoms with van der Waals surface area (Å²) >= 11 is 0. The van der Waals surface area contributed by atoms with E-state index in [0.29, 0.717) is 5.69 Å². The minimum absolute atomic E-state index is 0.444. The minimum atomic E-state index is 0.444. The van der Waals surface area contributed by atoms with Crippen molar-refractivity contribution in [2.45, 2.75) is 0 Å². The van der Waals surface area contributed by atoms with E-state index < -0.39 is 0 Å². The van der Waals surface area contributed by atoms with Crippen LogP contribution in [0.3, 0.4) is 0 Å². The van der Waals surface area contributed by atoms with Gasteiger partial charge >= 0.3 is 0 Å². The fourth-order valence-corrected chi connectivity index (χ4v) is 0.255. The standard InChI is InChI=1S/C4H2N2O/c1-5-4-2-6-7-3-4/h2-3H. The van der Waals surface area contributed by atoms with Crippen LogP contribution in [0, 0.1) is 6.57 Å². The average Bonchev–Trinajstić information content (AvgIpc) is 2.14. The second kappa shape index (κ2) is 1.43. The van der Waals surface area contributed by atoms with Crippen molar-refractivity contribution < 1.29 is 4.52 Å². The Labute approximate surface area is 40.4 Å². The Balaban J connectivity index is 3.04. The van der Waals surface area contributed by atoms with Crippen LogP contribution in [0.25, 0.3) is 4.85 Å². The molecule has 1 heterocycles. The minimum Gasteiger partial charge on any atom is -0.377 e. The van der Waals surface area contributed by atoms with Gasteiger partial charge in [-0.3, -0.25) is 0 Å². The molecule has 0 saturated heterocycles. The molecule has 1 aromatic rings. The van der Waals surface area contributed by atoms with Crippen LogP contribution in [0.4, 0.5) is 5.69 Å². The van der Waals surface area contributed by atoms with E-state index in [1.807, 2.05) is 0 Å². The smallest absolute Gasteiger partial charge is 0.245 e. The van der Waals surface area contributed by atoms with Gasteiger partial charge in [-0.25, -0.2) is 4.85 Å². The van der Waals surface area contributed by atoms with E-state index in [2.05, 4.69) is 14.5 Å². The van der Waals surface area contributed by atoms with E-state index in [0.717, 1.165) is 0 Å². The molecular formula is C4H2N2O. The monoisotopic (exact) mass is 94.0 g/mol. The van der Waals surface area contributed by atoms with Crippen LogP contribution in [-0.4, -0.2) is 5.16 Å². The van der Waals surface area contributed by atoms with Crippen molar-refractivity contribution in [2.75, 3.05) is 0 Å². The topological polar surface area (TPSA) is 30.4 Å². The first-order chi connectivity index (χ1) is 3.43. The molecule has 0 radical (unpaired) electrons. The molecule has 7 heavy (non-hydrogen) atoms. The molecule has 0 aliphatic heterocycles. The molecule has 3 nitrogen and oxygen atoms in total. The fourth-order valence-electron chi connectivity index (χ4n) is 0.255. The molecule has 0 unspecified atom stereocenters. The molecule has 1 rings (SSSR count). The molecule has 0 amide bonds. The van der Waals surface area contributed by atoms with Crippen LogP contribution >= 0.6 is 0 Å². The van der Waals surface area contributed by atoms with Gasteiger partial charge in [0.05, 0.1) is 12.8 Å². The van der Waals surface area contributed by atoms with Crippen molar-refractivity contribution in [1.82, 2.24) is 5.16 Å². The fraction of sp³-hybridized carbons (Fsp3) is 0. The lowest BCUT2D eigenvalue weighted by molar-refractivity contribution is 0.420. The lowest BCUT2D eigenvalue weighted by Gasteiger charge is -1.59. The van der Waals surface area contributed by atoms with Gasteiger partial charge in [-0.1, -0.05) is 0 Å². The van der Waals surface area contributed by atoms with Crippen molar-refractivity contribution in [1.29, 1.82) is 0 Å². The molecule has 0 saturated carbocycles. The first-order valence-corrected chi connectivity index (χ1v) is 1.70. The van der Waals surface area contributed by atoms with Gasteiger partial charge in [-0.05, 0) is 0 Å². The van der Waals surface area contributed by atoms with E-state index >= 15 is 0 Å². The van der Waals surface area contributed by atoms with Crippen molar-refractivity contribution in [3.8, 4) is 0 Å². The van der Waals surface area contributed by atoms with Gasteiger partial charge in [0, 0.05) is 0 Å². The summed E-state index contributed by atoms with van der Waals surface area (Å²) < 4.78 is 4.34. The summed E-state index contributed by atoms with van der Waals surface area (Å²) in [5.74, 6) is 0. The highest BCUT2D eigenvalue weighted by molar-refractivity contribution is 5.36. The summed E-state index contributed by atoms with van der Waals surface area (Å²) in [5.41, 5.74) is 0.444. The Morgan fingerprint density at radius 3 is 3.00 bits per heavy atom. The summed E-state index contributed by atoms with van der Waals surface area (Å²) in [5, 5.41) is 3.30. The van der Waals surface area contributed by atoms with Gasteiger partial charge in [0.15, 0.2) is 0 Å². The lowest BCUT2D eigenvalue weighted by atomic mass is 10.6. The third kappa shape index (κ3) is 0.578. The Morgan fingerprint density at radius 1 is 1.86 bits per heavy atom. The van der Waals surface area contributed by atoms with E-state index in [4.69, 9.17) is 6.57 Å². The largest absolute Gasteiger partial charge is 0.377 e. The SMILES string of the molecule is [C-]#[N+]c1cnoc1. The van der Waals surface area contributed by atoms with Crippen LogP contribution < -0.4 is 0 Å². The number of hydrogen-bond acceptors (Lipinski definition) is 2. The third-order valence-corrected chi connectivity index (χ3v) is 0.548. The summed E-state index contributed by atoms with van der Waals surface area (Å²) in [4.78, 5) is 3.02. The average molecular weight is 94.1 g/mol. The summed E-state index contributed by atoms with van der Waals surface area (Å²) in [6.07, 6.45) is 2.67. The normalized spacial score (nSPS) is 7.86. The van der Waals surface area contributed by atoms with Gasteiger partial charge in [0.2, 0.25) is 5.69 Å². The predicted molar refractivity (Wildman–Crippen MR) is 22.8 cm³/mol. The van der Waals surface area contributed by atoms with Gasteiger partial charge < -0.3 is 4.52 Å². The Kier molecular flexibility index (Phi) is 0.794. The molecule has 1 aromatic heterocycles. The number of rotatable bonds is 0. The molecule has 0 bridgehead atoms. The highest BCUT2D eigenvalue weighted by Gasteiger charge is 1.86. The summed E-state index contributed by atoms with van der Waals surface area (Å²) in [6, 6.07) is 0. The quantitative estimate of drug-likeness (QED) is 0.452. The zero-order chi connectivity index (χ0) is 5.11. The van der Waals surface area contributed by atoms with Crippen LogP contribution in [0.15, 0.2) is 17.0 Å². The Bertz CT molecular complexity index is 172. The second-order valence-corrected chi connectivity index (χ2v) is 0.994. The van der Waals surface area contributed by atoms with Crippen LogP contribution in [0.2, 0.25) is 0 Å². The van der Waals surface area contributed by atoms with Crippen molar-refractivity contribution in [2.24, 2.45) is 0 Å². The van der Waals surface area contributed by atoms with E-state index in [9.17, 15) is 0 Å². The van der Waals surface area contributed by atoms with Gasteiger partial charge in [0.25, 0.3) is 0 Å². The van der Waals surface area contributed by atoms with Crippen LogP contribution in [0.5, 0.6) is 0 Å². The van der Waals surface area contributed by atoms with E-state index in [1.165, 1.54) is 12.5 Å². The number of aromatic nitrogens is 1. The van der Waals surface area contributed by atoms with Crippen molar-refractivity contribution in [3.63, 3.8) is 0 Å². The van der Waals surface area contributed by atoms with Gasteiger partial charge in [0.1, 0.15) is 6.26 Å². The van der Waals surface area contributed by atoms with Crippen molar-refractivity contribution in [3.05, 3.63) is 23.9 Å². The second-order valence-electron chi connectivity index (χ2n) is 0.994. The highest BCUT2D eigenvalue weighted by Crippen LogP contribution is 2.06. The van der Waals surface area contributed by atoms with Crippen molar-refractivity contribution >= 4 is 5.69 Å². The summed E-state index contributed by atoms with van der Waals surface area (Å²) in [7, 11) is 0. The zero-order valence-corrected chi connectivity index (χ0v) is 3.46. The van der Waals surface area contributed by atoms with E-state index in [1.54, 1.807) is 0 Å². The number of nitrogens with zero attached hydrogens (tertiary/aromatic N) is 2. The molecule has 3 heteroatoms. The molecule has 0 spiro atoms. The maximum absolute atomic E-state index is 6.39. The first-order valence-electron chi connectivity index (χ1n) is 1.70. The molecule has 34 valence electrons. The highest BCUT2D eigenvalue weighted by atomic mass is 16.5. The van der Waals surface area contributed by atoms with Gasteiger partial charge in [-0.2, -0.15) is 0 Å². The Hall–Kier alpha value is -1.30. The van der Waals surface area contributed by atoms with Crippen LogP contribution in [0.1, 0.15) is 0 Å². The maximum Gasteiger partial charge on any atom is 0.245 e. The number of hydrogen-bond donors (Lipinski definition) is 0. The summed E-state index contributed by atoms with van der Waals surface area (Å²) in [6.45, 7) is 6.39. The zero-order valence-electron chi connectivity index (χ0n) is 3.46. The van der Waals surface area contributed by atoms with E-state index in [-0.39, 0.29) is 0 Å². The molecule has 0 aliphatic rings. The Morgan fingerprint density at radius 2 is 2.71 bits per heavy atom. The lowest BCUT2D eigenvalue weighted by Crippen LogP contribution is -1.41. The van der Waals surface area contributed by atoms with Gasteiger partial charge in [-0.15, -0.1) is 5.16 Å². The molecule has 0 aliphatic carbocycles.